The van der Waals surface area contributed by atoms with Crippen LogP contribution in [0.2, 0.25) is 0 Å². The number of ether oxygens (including phenoxy) is 1. The molecule has 0 radical (unpaired) electrons. The molecule has 1 fully saturated rings. The first kappa shape index (κ1) is 9.12. The molecule has 1 aliphatic rings. The summed E-state index contributed by atoms with van der Waals surface area (Å²) in [5.74, 6) is 5.48. The van der Waals surface area contributed by atoms with E-state index in [0.717, 1.165) is 6.54 Å². The van der Waals surface area contributed by atoms with E-state index in [-0.39, 0.29) is 5.54 Å². The number of hydrazone groups is 1. The number of nitrogens with zero attached hydrogens (tertiary/aromatic N) is 2. The second kappa shape index (κ2) is 3.18. The summed E-state index contributed by atoms with van der Waals surface area (Å²) < 4.78 is 5.32. The second-order valence-electron chi connectivity index (χ2n) is 3.50. The molecule has 1 saturated heterocycles. The van der Waals surface area contributed by atoms with E-state index in [2.05, 4.69) is 5.10 Å². The standard InChI is InChI=1S/C7H16N4O/c1-7(2)5-12-4-3-11(7)6(8)10-9/h3-5,9H2,1-2H3,(H2,8,10). The van der Waals surface area contributed by atoms with E-state index in [1.54, 1.807) is 0 Å². The highest BCUT2D eigenvalue weighted by atomic mass is 16.5. The zero-order chi connectivity index (χ0) is 9.19. The summed E-state index contributed by atoms with van der Waals surface area (Å²) in [5, 5.41) is 3.47. The Morgan fingerprint density at radius 3 is 2.75 bits per heavy atom. The minimum absolute atomic E-state index is 0.106. The van der Waals surface area contributed by atoms with Gasteiger partial charge < -0.3 is 21.2 Å². The molecule has 70 valence electrons. The van der Waals surface area contributed by atoms with Crippen LogP contribution >= 0.6 is 0 Å². The fourth-order valence-electron chi connectivity index (χ4n) is 1.35. The van der Waals surface area contributed by atoms with Gasteiger partial charge >= 0.3 is 0 Å². The molecule has 1 rings (SSSR count). The molecule has 0 aliphatic carbocycles. The zero-order valence-electron chi connectivity index (χ0n) is 7.58. The molecule has 0 spiro atoms. The van der Waals surface area contributed by atoms with Gasteiger partial charge in [-0.3, -0.25) is 0 Å². The molecule has 12 heavy (non-hydrogen) atoms. The van der Waals surface area contributed by atoms with Gasteiger partial charge in [-0.05, 0) is 13.8 Å². The smallest absolute Gasteiger partial charge is 0.214 e. The topological polar surface area (TPSA) is 76.9 Å². The van der Waals surface area contributed by atoms with E-state index in [4.69, 9.17) is 16.3 Å². The molecule has 5 heteroatoms. The summed E-state index contributed by atoms with van der Waals surface area (Å²) >= 11 is 0. The van der Waals surface area contributed by atoms with Crippen LogP contribution in [-0.4, -0.2) is 36.2 Å². The quantitative estimate of drug-likeness (QED) is 0.219. The van der Waals surface area contributed by atoms with Crippen molar-refractivity contribution in [1.29, 1.82) is 0 Å². The van der Waals surface area contributed by atoms with Crippen molar-refractivity contribution in [2.24, 2.45) is 16.7 Å². The first-order valence-electron chi connectivity index (χ1n) is 3.96. The van der Waals surface area contributed by atoms with Gasteiger partial charge in [0.2, 0.25) is 5.96 Å². The van der Waals surface area contributed by atoms with Crippen LogP contribution in [0.15, 0.2) is 5.10 Å². The van der Waals surface area contributed by atoms with Crippen molar-refractivity contribution in [1.82, 2.24) is 4.90 Å². The van der Waals surface area contributed by atoms with Gasteiger partial charge in [-0.2, -0.15) is 0 Å². The predicted molar refractivity (Wildman–Crippen MR) is 47.4 cm³/mol. The molecule has 0 bridgehead atoms. The largest absolute Gasteiger partial charge is 0.377 e. The number of hydrogen-bond donors (Lipinski definition) is 2. The van der Waals surface area contributed by atoms with Crippen molar-refractivity contribution in [2.75, 3.05) is 19.8 Å². The van der Waals surface area contributed by atoms with Gasteiger partial charge in [0.05, 0.1) is 18.8 Å². The monoisotopic (exact) mass is 172 g/mol. The third-order valence-corrected chi connectivity index (χ3v) is 2.05. The third kappa shape index (κ3) is 1.61. The summed E-state index contributed by atoms with van der Waals surface area (Å²) in [5.41, 5.74) is 5.51. The summed E-state index contributed by atoms with van der Waals surface area (Å²) in [7, 11) is 0. The molecule has 0 aromatic rings. The minimum Gasteiger partial charge on any atom is -0.377 e. The SMILES string of the molecule is CC1(C)COCCN1C(N)=NN. The summed E-state index contributed by atoms with van der Waals surface area (Å²) in [6.45, 7) is 6.18. The molecule has 0 aromatic heterocycles. The Morgan fingerprint density at radius 1 is 1.58 bits per heavy atom. The van der Waals surface area contributed by atoms with E-state index in [1.165, 1.54) is 0 Å². The molecular formula is C7H16N4O. The summed E-state index contributed by atoms with van der Waals surface area (Å²) in [4.78, 5) is 1.95. The molecule has 1 heterocycles. The molecule has 5 nitrogen and oxygen atoms in total. The van der Waals surface area contributed by atoms with Crippen LogP contribution in [0.1, 0.15) is 13.8 Å². The van der Waals surface area contributed by atoms with E-state index >= 15 is 0 Å². The zero-order valence-corrected chi connectivity index (χ0v) is 7.58. The molecule has 0 amide bonds. The van der Waals surface area contributed by atoms with E-state index in [1.807, 2.05) is 18.7 Å². The maximum Gasteiger partial charge on any atom is 0.214 e. The Balaban J connectivity index is 2.73. The lowest BCUT2D eigenvalue weighted by atomic mass is 10.0. The highest BCUT2D eigenvalue weighted by Gasteiger charge is 2.31. The molecule has 0 atom stereocenters. The number of morpholine rings is 1. The molecule has 0 unspecified atom stereocenters. The van der Waals surface area contributed by atoms with Crippen molar-refractivity contribution in [2.45, 2.75) is 19.4 Å². The number of nitrogens with two attached hydrogens (primary N) is 2. The van der Waals surface area contributed by atoms with Crippen LogP contribution in [-0.2, 0) is 4.74 Å². The Bertz CT molecular complexity index is 190. The Labute approximate surface area is 72.3 Å². The van der Waals surface area contributed by atoms with E-state index in [9.17, 15) is 0 Å². The molecule has 0 saturated carbocycles. The van der Waals surface area contributed by atoms with E-state index in [0.29, 0.717) is 19.2 Å². The second-order valence-corrected chi connectivity index (χ2v) is 3.50. The maximum atomic E-state index is 5.62. The van der Waals surface area contributed by atoms with Crippen LogP contribution in [0.25, 0.3) is 0 Å². The van der Waals surface area contributed by atoms with Gasteiger partial charge in [0, 0.05) is 6.54 Å². The van der Waals surface area contributed by atoms with Gasteiger partial charge in [-0.1, -0.05) is 0 Å². The predicted octanol–water partition coefficient (Wildman–Crippen LogP) is -0.714. The lowest BCUT2D eigenvalue weighted by molar-refractivity contribution is -0.0156. The van der Waals surface area contributed by atoms with Crippen molar-refractivity contribution in [3.8, 4) is 0 Å². The van der Waals surface area contributed by atoms with Gasteiger partial charge in [-0.15, -0.1) is 5.10 Å². The summed E-state index contributed by atoms with van der Waals surface area (Å²) in [6, 6.07) is 0. The van der Waals surface area contributed by atoms with Crippen molar-refractivity contribution >= 4 is 5.96 Å². The maximum absolute atomic E-state index is 5.62. The molecular weight excluding hydrogens is 156 g/mol. The highest BCUT2D eigenvalue weighted by molar-refractivity contribution is 5.78. The van der Waals surface area contributed by atoms with E-state index < -0.39 is 0 Å². The Kier molecular flexibility index (Phi) is 2.42. The summed E-state index contributed by atoms with van der Waals surface area (Å²) in [6.07, 6.45) is 0. The van der Waals surface area contributed by atoms with Crippen LogP contribution in [0.4, 0.5) is 0 Å². The Morgan fingerprint density at radius 2 is 2.25 bits per heavy atom. The molecule has 0 aromatic carbocycles. The van der Waals surface area contributed by atoms with Crippen LogP contribution in [0, 0.1) is 0 Å². The first-order valence-corrected chi connectivity index (χ1v) is 3.96. The Hall–Kier alpha value is -0.970. The molecule has 1 aliphatic heterocycles. The molecule has 4 N–H and O–H groups in total. The fraction of sp³-hybridized carbons (Fsp3) is 0.857. The van der Waals surface area contributed by atoms with Gasteiger partial charge in [0.15, 0.2) is 0 Å². The normalized spacial score (nSPS) is 24.2. The van der Waals surface area contributed by atoms with Gasteiger partial charge in [0.25, 0.3) is 0 Å². The first-order chi connectivity index (χ1) is 5.58. The van der Waals surface area contributed by atoms with Crippen LogP contribution in [0.3, 0.4) is 0 Å². The third-order valence-electron chi connectivity index (χ3n) is 2.05. The van der Waals surface area contributed by atoms with Crippen LogP contribution < -0.4 is 11.6 Å². The fourth-order valence-corrected chi connectivity index (χ4v) is 1.35. The number of rotatable bonds is 0. The van der Waals surface area contributed by atoms with Crippen molar-refractivity contribution < 1.29 is 4.74 Å². The minimum atomic E-state index is -0.106. The average Bonchev–Trinajstić information content (AvgIpc) is 2.02. The van der Waals surface area contributed by atoms with Crippen molar-refractivity contribution in [3.05, 3.63) is 0 Å². The average molecular weight is 172 g/mol. The van der Waals surface area contributed by atoms with Crippen LogP contribution in [0.5, 0.6) is 0 Å². The lowest BCUT2D eigenvalue weighted by Crippen LogP contribution is -2.58. The highest BCUT2D eigenvalue weighted by Crippen LogP contribution is 2.17. The van der Waals surface area contributed by atoms with Crippen molar-refractivity contribution in [3.63, 3.8) is 0 Å². The lowest BCUT2D eigenvalue weighted by Gasteiger charge is -2.42. The van der Waals surface area contributed by atoms with Gasteiger partial charge in [-0.25, -0.2) is 0 Å². The van der Waals surface area contributed by atoms with Gasteiger partial charge in [0.1, 0.15) is 0 Å². The number of hydrogen-bond acceptors (Lipinski definition) is 3. The number of guanidine groups is 1.